The maximum Gasteiger partial charge on any atom is 0.191 e. The van der Waals surface area contributed by atoms with E-state index in [0.717, 1.165) is 24.7 Å². The van der Waals surface area contributed by atoms with Crippen LogP contribution < -0.4 is 15.4 Å². The second-order valence-electron chi connectivity index (χ2n) is 4.25. The van der Waals surface area contributed by atoms with Crippen molar-refractivity contribution in [3.63, 3.8) is 0 Å². The van der Waals surface area contributed by atoms with Crippen LogP contribution >= 0.6 is 24.0 Å². The zero-order valence-electron chi connectivity index (χ0n) is 12.4. The Bertz CT molecular complexity index is 373. The second kappa shape index (κ2) is 11.7. The summed E-state index contributed by atoms with van der Waals surface area (Å²) in [5.74, 6) is 1.62. The Hall–Kier alpha value is -1.05. The molecule has 0 spiro atoms. The Morgan fingerprint density at radius 2 is 2.25 bits per heavy atom. The van der Waals surface area contributed by atoms with E-state index in [1.54, 1.807) is 12.4 Å². The third-order valence-corrected chi connectivity index (χ3v) is 2.60. The molecule has 0 aromatic carbocycles. The largest absolute Gasteiger partial charge is 0.490 e. The molecule has 0 fully saturated rings. The van der Waals surface area contributed by atoms with Gasteiger partial charge in [0.1, 0.15) is 12.4 Å². The van der Waals surface area contributed by atoms with Crippen LogP contribution in [0, 0.1) is 0 Å². The van der Waals surface area contributed by atoms with Crippen molar-refractivity contribution in [3.05, 3.63) is 24.5 Å². The number of pyridine rings is 1. The molecule has 5 nitrogen and oxygen atoms in total. The van der Waals surface area contributed by atoms with Crippen LogP contribution in [0.1, 0.15) is 27.2 Å². The molecule has 1 rings (SSSR count). The average molecular weight is 392 g/mol. The summed E-state index contributed by atoms with van der Waals surface area (Å²) in [6, 6.07) is 4.16. The van der Waals surface area contributed by atoms with Crippen molar-refractivity contribution in [2.24, 2.45) is 4.99 Å². The number of hydrogen-bond donors (Lipinski definition) is 2. The molecule has 0 aliphatic rings. The van der Waals surface area contributed by atoms with Crippen LogP contribution in [0.5, 0.6) is 5.75 Å². The minimum atomic E-state index is 0. The molecule has 2 N–H and O–H groups in total. The lowest BCUT2D eigenvalue weighted by molar-refractivity contribution is 0.327. The molecule has 0 saturated carbocycles. The van der Waals surface area contributed by atoms with Crippen molar-refractivity contribution >= 4 is 29.9 Å². The molecule has 0 aliphatic carbocycles. The molecule has 0 aliphatic heterocycles. The van der Waals surface area contributed by atoms with Crippen molar-refractivity contribution < 1.29 is 4.74 Å². The Morgan fingerprint density at radius 1 is 1.45 bits per heavy atom. The number of nitrogens with zero attached hydrogens (tertiary/aromatic N) is 2. The first-order chi connectivity index (χ1) is 9.26. The molecule has 0 amide bonds. The van der Waals surface area contributed by atoms with Crippen LogP contribution in [0.2, 0.25) is 0 Å². The highest BCUT2D eigenvalue weighted by Crippen LogP contribution is 2.05. The fourth-order valence-electron chi connectivity index (χ4n) is 1.41. The summed E-state index contributed by atoms with van der Waals surface area (Å²) in [5, 5.41) is 6.55. The molecule has 1 aromatic heterocycles. The zero-order chi connectivity index (χ0) is 13.9. The van der Waals surface area contributed by atoms with Gasteiger partial charge in [-0.1, -0.05) is 6.92 Å². The van der Waals surface area contributed by atoms with Crippen LogP contribution in [0.4, 0.5) is 0 Å². The van der Waals surface area contributed by atoms with Gasteiger partial charge in [-0.05, 0) is 32.4 Å². The van der Waals surface area contributed by atoms with E-state index in [9.17, 15) is 0 Å². The number of ether oxygens (including phenoxy) is 1. The first-order valence-corrected chi connectivity index (χ1v) is 6.84. The lowest BCUT2D eigenvalue weighted by Crippen LogP contribution is -2.42. The van der Waals surface area contributed by atoms with Crippen LogP contribution in [-0.4, -0.2) is 36.7 Å². The normalized spacial score (nSPS) is 12.2. The van der Waals surface area contributed by atoms with E-state index in [1.807, 2.05) is 12.1 Å². The van der Waals surface area contributed by atoms with Gasteiger partial charge in [0.05, 0.1) is 12.7 Å². The minimum absolute atomic E-state index is 0. The maximum absolute atomic E-state index is 5.54. The van der Waals surface area contributed by atoms with Crippen molar-refractivity contribution in [2.45, 2.75) is 33.2 Å². The predicted molar refractivity (Wildman–Crippen MR) is 94.0 cm³/mol. The summed E-state index contributed by atoms with van der Waals surface area (Å²) >= 11 is 0. The fourth-order valence-corrected chi connectivity index (χ4v) is 1.41. The SMILES string of the molecule is CCNC(=NCCOc1cccnc1)NC(C)CC.I. The molecule has 6 heteroatoms. The van der Waals surface area contributed by atoms with Crippen molar-refractivity contribution in [3.8, 4) is 5.75 Å². The smallest absolute Gasteiger partial charge is 0.191 e. The highest BCUT2D eigenvalue weighted by atomic mass is 127. The molecule has 1 aromatic rings. The monoisotopic (exact) mass is 392 g/mol. The van der Waals surface area contributed by atoms with Crippen molar-refractivity contribution in [1.29, 1.82) is 0 Å². The summed E-state index contributed by atoms with van der Waals surface area (Å²) < 4.78 is 5.54. The molecule has 0 saturated heterocycles. The number of nitrogens with one attached hydrogen (secondary N) is 2. The predicted octanol–water partition coefficient (Wildman–Crippen LogP) is 2.43. The lowest BCUT2D eigenvalue weighted by atomic mass is 10.3. The van der Waals surface area contributed by atoms with Gasteiger partial charge in [0.2, 0.25) is 0 Å². The summed E-state index contributed by atoms with van der Waals surface area (Å²) in [6.45, 7) is 8.35. The second-order valence-corrected chi connectivity index (χ2v) is 4.25. The van der Waals surface area contributed by atoms with Gasteiger partial charge in [0.15, 0.2) is 5.96 Å². The number of aliphatic imine (C=N–C) groups is 1. The molecule has 0 bridgehead atoms. The first kappa shape index (κ1) is 18.9. The molecule has 114 valence electrons. The van der Waals surface area contributed by atoms with E-state index in [4.69, 9.17) is 4.74 Å². The van der Waals surface area contributed by atoms with E-state index in [2.05, 4.69) is 41.4 Å². The van der Waals surface area contributed by atoms with Gasteiger partial charge in [-0.2, -0.15) is 0 Å². The number of guanidine groups is 1. The van der Waals surface area contributed by atoms with Gasteiger partial charge in [-0.25, -0.2) is 4.99 Å². The quantitative estimate of drug-likeness (QED) is 0.324. The van der Waals surface area contributed by atoms with Gasteiger partial charge in [0.25, 0.3) is 0 Å². The van der Waals surface area contributed by atoms with Gasteiger partial charge >= 0.3 is 0 Å². The van der Waals surface area contributed by atoms with E-state index in [0.29, 0.717) is 19.2 Å². The Kier molecular flexibility index (Phi) is 11.1. The zero-order valence-corrected chi connectivity index (χ0v) is 14.8. The molecular formula is C14H25IN4O. The standard InChI is InChI=1S/C14H24N4O.HI/c1-4-12(3)18-14(16-5-2)17-9-10-19-13-7-6-8-15-11-13;/h6-8,11-12H,4-5,9-10H2,1-3H3,(H2,16,17,18);1H. The molecule has 20 heavy (non-hydrogen) atoms. The van der Waals surface area contributed by atoms with E-state index >= 15 is 0 Å². The highest BCUT2D eigenvalue weighted by Gasteiger charge is 2.01. The van der Waals surface area contributed by atoms with Gasteiger partial charge in [-0.15, -0.1) is 24.0 Å². The van der Waals surface area contributed by atoms with Gasteiger partial charge in [-0.3, -0.25) is 4.98 Å². The molecule has 0 radical (unpaired) electrons. The maximum atomic E-state index is 5.54. The Labute approximate surface area is 138 Å². The molecule has 1 unspecified atom stereocenters. The Balaban J connectivity index is 0.00000361. The molecular weight excluding hydrogens is 367 g/mol. The Morgan fingerprint density at radius 3 is 2.85 bits per heavy atom. The molecule has 1 atom stereocenters. The highest BCUT2D eigenvalue weighted by molar-refractivity contribution is 14.0. The minimum Gasteiger partial charge on any atom is -0.490 e. The van der Waals surface area contributed by atoms with Crippen LogP contribution in [0.15, 0.2) is 29.5 Å². The van der Waals surface area contributed by atoms with Crippen LogP contribution in [0.3, 0.4) is 0 Å². The van der Waals surface area contributed by atoms with Gasteiger partial charge < -0.3 is 15.4 Å². The summed E-state index contributed by atoms with van der Waals surface area (Å²) in [4.78, 5) is 8.46. The molecule has 1 heterocycles. The first-order valence-electron chi connectivity index (χ1n) is 6.84. The lowest BCUT2D eigenvalue weighted by Gasteiger charge is -2.16. The number of halogens is 1. The average Bonchev–Trinajstić information content (AvgIpc) is 2.44. The fraction of sp³-hybridized carbons (Fsp3) is 0.571. The van der Waals surface area contributed by atoms with Crippen molar-refractivity contribution in [1.82, 2.24) is 15.6 Å². The topological polar surface area (TPSA) is 58.5 Å². The van der Waals surface area contributed by atoms with Crippen LogP contribution in [0.25, 0.3) is 0 Å². The third-order valence-electron chi connectivity index (χ3n) is 2.60. The van der Waals surface area contributed by atoms with Crippen molar-refractivity contribution in [2.75, 3.05) is 19.7 Å². The summed E-state index contributed by atoms with van der Waals surface area (Å²) in [7, 11) is 0. The number of aromatic nitrogens is 1. The number of hydrogen-bond acceptors (Lipinski definition) is 3. The van der Waals surface area contributed by atoms with Gasteiger partial charge in [0, 0.05) is 18.8 Å². The number of rotatable bonds is 7. The third kappa shape index (κ3) is 8.19. The summed E-state index contributed by atoms with van der Waals surface area (Å²) in [5.41, 5.74) is 0. The summed E-state index contributed by atoms with van der Waals surface area (Å²) in [6.07, 6.45) is 4.49. The van der Waals surface area contributed by atoms with Crippen LogP contribution in [-0.2, 0) is 0 Å². The van der Waals surface area contributed by atoms with E-state index < -0.39 is 0 Å². The van der Waals surface area contributed by atoms with E-state index in [-0.39, 0.29) is 24.0 Å². The van der Waals surface area contributed by atoms with E-state index in [1.165, 1.54) is 0 Å².